The summed E-state index contributed by atoms with van der Waals surface area (Å²) in [6.07, 6.45) is -10.6. The molecule has 0 amide bonds. The number of ether oxygens (including phenoxy) is 1. The number of hydrogen-bond acceptors (Lipinski definition) is 1. The number of alkyl halides is 8. The van der Waals surface area contributed by atoms with Gasteiger partial charge >= 0.3 is 12.4 Å². The molecular formula is C6H6Cl2F6O. The van der Waals surface area contributed by atoms with Crippen molar-refractivity contribution in [3.8, 4) is 0 Å². The molecule has 0 bridgehead atoms. The van der Waals surface area contributed by atoms with Crippen LogP contribution in [0.1, 0.15) is 0 Å². The third-order valence-corrected chi connectivity index (χ3v) is 2.79. The van der Waals surface area contributed by atoms with Crippen molar-refractivity contribution in [1.29, 1.82) is 0 Å². The normalized spacial score (nSPS) is 19.8. The molecule has 0 saturated heterocycles. The smallest absolute Gasteiger partial charge is 0.382 e. The molecule has 1 nitrogen and oxygen atoms in total. The van der Waals surface area contributed by atoms with Gasteiger partial charge in [-0.3, -0.25) is 0 Å². The van der Waals surface area contributed by atoms with Crippen LogP contribution in [0.3, 0.4) is 0 Å². The summed E-state index contributed by atoms with van der Waals surface area (Å²) in [6.45, 7) is -1.38. The lowest BCUT2D eigenvalue weighted by molar-refractivity contribution is -0.212. The second-order valence-corrected chi connectivity index (χ2v) is 3.81. The average molecular weight is 279 g/mol. The minimum absolute atomic E-state index is 0.794. The third-order valence-electron chi connectivity index (χ3n) is 1.51. The minimum Gasteiger partial charge on any atom is -0.382 e. The van der Waals surface area contributed by atoms with Gasteiger partial charge in [-0.1, -0.05) is 0 Å². The lowest BCUT2D eigenvalue weighted by Gasteiger charge is -2.33. The fraction of sp³-hybridized carbons (Fsp3) is 1.00. The van der Waals surface area contributed by atoms with Gasteiger partial charge in [0.1, 0.15) is 0 Å². The summed E-state index contributed by atoms with van der Waals surface area (Å²) >= 11 is 9.52. The number of rotatable bonds is 3. The first-order chi connectivity index (χ1) is 6.47. The molecule has 92 valence electrons. The van der Waals surface area contributed by atoms with Gasteiger partial charge in [-0.2, -0.15) is 26.3 Å². The maximum Gasteiger partial charge on any atom is 0.411 e. The number of hydrogen-bond donors (Lipinski definition) is 0. The van der Waals surface area contributed by atoms with Crippen LogP contribution in [0.25, 0.3) is 0 Å². The van der Waals surface area contributed by atoms with Gasteiger partial charge < -0.3 is 4.74 Å². The van der Waals surface area contributed by atoms with Crippen molar-refractivity contribution in [2.24, 2.45) is 0 Å². The van der Waals surface area contributed by atoms with Gasteiger partial charge in [0.2, 0.25) is 0 Å². The van der Waals surface area contributed by atoms with Gasteiger partial charge in [0.05, 0.1) is 6.61 Å². The van der Waals surface area contributed by atoms with Crippen LogP contribution in [0.15, 0.2) is 0 Å². The molecule has 0 fully saturated rings. The summed E-state index contributed by atoms with van der Waals surface area (Å²) in [7, 11) is 0.794. The Morgan fingerprint density at radius 3 is 1.73 bits per heavy atom. The molecule has 2 atom stereocenters. The highest BCUT2D eigenvalue weighted by Crippen LogP contribution is 2.46. The SMILES string of the molecule is COCC(Cl)(C(Cl)C(F)(F)F)C(F)(F)F. The van der Waals surface area contributed by atoms with E-state index < -0.39 is 29.2 Å². The van der Waals surface area contributed by atoms with Crippen molar-refractivity contribution in [2.45, 2.75) is 22.6 Å². The molecule has 0 N–H and O–H groups in total. The van der Waals surface area contributed by atoms with Crippen LogP contribution in [0.2, 0.25) is 0 Å². The Balaban J connectivity index is 5.13. The van der Waals surface area contributed by atoms with Crippen LogP contribution in [-0.2, 0) is 4.74 Å². The van der Waals surface area contributed by atoms with E-state index in [-0.39, 0.29) is 0 Å². The Hall–Kier alpha value is 0.120. The zero-order chi connectivity index (χ0) is 12.5. The van der Waals surface area contributed by atoms with Crippen molar-refractivity contribution < 1.29 is 31.1 Å². The van der Waals surface area contributed by atoms with Crippen molar-refractivity contribution in [3.63, 3.8) is 0 Å². The Morgan fingerprint density at radius 1 is 1.13 bits per heavy atom. The van der Waals surface area contributed by atoms with Gasteiger partial charge in [0.25, 0.3) is 0 Å². The molecule has 0 heterocycles. The van der Waals surface area contributed by atoms with Gasteiger partial charge in [-0.15, -0.1) is 23.2 Å². The molecule has 0 radical (unpaired) electrons. The van der Waals surface area contributed by atoms with E-state index >= 15 is 0 Å². The van der Waals surface area contributed by atoms with Crippen LogP contribution < -0.4 is 0 Å². The fourth-order valence-electron chi connectivity index (χ4n) is 0.768. The Labute approximate surface area is 91.3 Å². The van der Waals surface area contributed by atoms with Crippen molar-refractivity contribution in [3.05, 3.63) is 0 Å². The van der Waals surface area contributed by atoms with Crippen LogP contribution in [0.5, 0.6) is 0 Å². The summed E-state index contributed by atoms with van der Waals surface area (Å²) in [5.41, 5.74) is 0. The first-order valence-electron chi connectivity index (χ1n) is 3.42. The molecule has 0 aliphatic heterocycles. The van der Waals surface area contributed by atoms with Crippen LogP contribution in [0.4, 0.5) is 26.3 Å². The Morgan fingerprint density at radius 2 is 1.53 bits per heavy atom. The molecule has 0 saturated carbocycles. The van der Waals surface area contributed by atoms with Gasteiger partial charge in [0.15, 0.2) is 10.3 Å². The van der Waals surface area contributed by atoms with Gasteiger partial charge in [0, 0.05) is 7.11 Å². The number of halogens is 8. The highest BCUT2D eigenvalue weighted by atomic mass is 35.5. The molecule has 0 aliphatic carbocycles. The zero-order valence-electron chi connectivity index (χ0n) is 7.22. The molecule has 0 rings (SSSR count). The molecule has 2 unspecified atom stereocenters. The van der Waals surface area contributed by atoms with Crippen molar-refractivity contribution in [1.82, 2.24) is 0 Å². The summed E-state index contributed by atoms with van der Waals surface area (Å²) in [4.78, 5) is -3.68. The Bertz CT molecular complexity index is 215. The largest absolute Gasteiger partial charge is 0.411 e. The lowest BCUT2D eigenvalue weighted by atomic mass is 10.0. The van der Waals surface area contributed by atoms with E-state index in [0.29, 0.717) is 0 Å². The summed E-state index contributed by atoms with van der Waals surface area (Å²) < 4.78 is 76.9. The van der Waals surface area contributed by atoms with Crippen LogP contribution >= 0.6 is 23.2 Å². The van der Waals surface area contributed by atoms with Crippen LogP contribution in [0, 0.1) is 0 Å². The summed E-state index contributed by atoms with van der Waals surface area (Å²) in [6, 6.07) is 0. The summed E-state index contributed by atoms with van der Waals surface area (Å²) in [5, 5.41) is -3.27. The average Bonchev–Trinajstić information content (AvgIpc) is 1.99. The molecule has 0 aliphatic rings. The van der Waals surface area contributed by atoms with E-state index in [1.165, 1.54) is 0 Å². The predicted octanol–water partition coefficient (Wildman–Crippen LogP) is 3.34. The molecule has 0 aromatic heterocycles. The van der Waals surface area contributed by atoms with Crippen LogP contribution in [-0.4, -0.2) is 36.3 Å². The van der Waals surface area contributed by atoms with Crippen molar-refractivity contribution in [2.75, 3.05) is 13.7 Å². The molecule has 9 heteroatoms. The maximum atomic E-state index is 12.3. The molecule has 0 aromatic carbocycles. The van der Waals surface area contributed by atoms with E-state index in [2.05, 4.69) is 16.3 Å². The Kier molecular flexibility index (Phi) is 4.58. The van der Waals surface area contributed by atoms with E-state index in [1.807, 2.05) is 0 Å². The van der Waals surface area contributed by atoms with Gasteiger partial charge in [-0.05, 0) is 0 Å². The standard InChI is InChI=1S/C6H6Cl2F6O/c1-15-2-4(8,6(12,13)14)3(7)5(9,10)11/h3H,2H2,1H3. The first kappa shape index (κ1) is 15.1. The molecule has 15 heavy (non-hydrogen) atoms. The van der Waals surface area contributed by atoms with E-state index in [1.54, 1.807) is 0 Å². The summed E-state index contributed by atoms with van der Waals surface area (Å²) in [5.74, 6) is 0. The highest BCUT2D eigenvalue weighted by molar-refractivity contribution is 6.33. The quantitative estimate of drug-likeness (QED) is 0.568. The highest BCUT2D eigenvalue weighted by Gasteiger charge is 2.65. The minimum atomic E-state index is -5.33. The van der Waals surface area contributed by atoms with Gasteiger partial charge in [-0.25, -0.2) is 0 Å². The fourth-order valence-corrected chi connectivity index (χ4v) is 1.19. The molecule has 0 aromatic rings. The monoisotopic (exact) mass is 278 g/mol. The topological polar surface area (TPSA) is 9.23 Å². The van der Waals surface area contributed by atoms with E-state index in [9.17, 15) is 26.3 Å². The second-order valence-electron chi connectivity index (χ2n) is 2.70. The molecular weight excluding hydrogens is 273 g/mol. The third kappa shape index (κ3) is 3.29. The molecule has 0 spiro atoms. The first-order valence-corrected chi connectivity index (χ1v) is 4.23. The predicted molar refractivity (Wildman–Crippen MR) is 42.2 cm³/mol. The van der Waals surface area contributed by atoms with Crippen molar-refractivity contribution >= 4 is 23.2 Å². The number of methoxy groups -OCH3 is 1. The lowest BCUT2D eigenvalue weighted by Crippen LogP contribution is -2.56. The van der Waals surface area contributed by atoms with E-state index in [4.69, 9.17) is 11.6 Å². The maximum absolute atomic E-state index is 12.3. The zero-order valence-corrected chi connectivity index (χ0v) is 8.73. The second kappa shape index (κ2) is 4.55. The van der Waals surface area contributed by atoms with E-state index in [0.717, 1.165) is 7.11 Å².